The Labute approximate surface area is 127 Å². The highest BCUT2D eigenvalue weighted by Gasteiger charge is 2.13. The Bertz CT molecular complexity index is 757. The summed E-state index contributed by atoms with van der Waals surface area (Å²) in [7, 11) is 0. The molecule has 0 radical (unpaired) electrons. The van der Waals surface area contributed by atoms with Crippen LogP contribution in [0.15, 0.2) is 45.5 Å². The SMILES string of the molecule is Nc1cc(Br)ccc1-c1nc(-c2ccc(Cl)cn2)no1. The normalized spacial score (nSPS) is 10.7. The zero-order valence-electron chi connectivity index (χ0n) is 10.0. The van der Waals surface area contributed by atoms with Crippen LogP contribution >= 0.6 is 27.5 Å². The van der Waals surface area contributed by atoms with Crippen molar-refractivity contribution in [2.75, 3.05) is 5.73 Å². The van der Waals surface area contributed by atoms with E-state index in [4.69, 9.17) is 21.9 Å². The summed E-state index contributed by atoms with van der Waals surface area (Å²) in [6.45, 7) is 0. The molecule has 0 saturated carbocycles. The first kappa shape index (κ1) is 13.1. The second-order valence-corrected chi connectivity index (χ2v) is 5.37. The van der Waals surface area contributed by atoms with Crippen LogP contribution in [0.5, 0.6) is 0 Å². The van der Waals surface area contributed by atoms with E-state index in [9.17, 15) is 0 Å². The third-order valence-electron chi connectivity index (χ3n) is 2.63. The van der Waals surface area contributed by atoms with Crippen LogP contribution < -0.4 is 5.73 Å². The van der Waals surface area contributed by atoms with Crippen LogP contribution in [0.25, 0.3) is 23.0 Å². The molecule has 5 nitrogen and oxygen atoms in total. The maximum atomic E-state index is 5.93. The molecule has 0 fully saturated rings. The van der Waals surface area contributed by atoms with E-state index in [1.807, 2.05) is 12.1 Å². The van der Waals surface area contributed by atoms with Gasteiger partial charge in [0.15, 0.2) is 0 Å². The Morgan fingerprint density at radius 3 is 2.75 bits per heavy atom. The van der Waals surface area contributed by atoms with Crippen molar-refractivity contribution in [1.29, 1.82) is 0 Å². The number of pyridine rings is 1. The standard InChI is InChI=1S/C13H8BrClN4O/c14-7-1-3-9(10(16)5-7)13-18-12(19-20-13)11-4-2-8(15)6-17-11/h1-6H,16H2. The van der Waals surface area contributed by atoms with Gasteiger partial charge in [-0.25, -0.2) is 0 Å². The molecule has 0 aliphatic carbocycles. The second kappa shape index (κ2) is 5.22. The molecule has 2 aromatic heterocycles. The minimum atomic E-state index is 0.349. The maximum Gasteiger partial charge on any atom is 0.260 e. The molecule has 100 valence electrons. The lowest BCUT2D eigenvalue weighted by Crippen LogP contribution is -1.90. The fraction of sp³-hybridized carbons (Fsp3) is 0. The molecule has 0 aliphatic heterocycles. The summed E-state index contributed by atoms with van der Waals surface area (Å²) in [4.78, 5) is 8.43. The summed E-state index contributed by atoms with van der Waals surface area (Å²) in [5.74, 6) is 0.737. The van der Waals surface area contributed by atoms with Gasteiger partial charge in [-0.15, -0.1) is 0 Å². The molecule has 7 heteroatoms. The predicted molar refractivity (Wildman–Crippen MR) is 80.1 cm³/mol. The smallest absolute Gasteiger partial charge is 0.260 e. The first-order chi connectivity index (χ1) is 9.63. The number of aromatic nitrogens is 3. The van der Waals surface area contributed by atoms with E-state index in [0.717, 1.165) is 4.47 Å². The van der Waals surface area contributed by atoms with Gasteiger partial charge < -0.3 is 10.3 Å². The lowest BCUT2D eigenvalue weighted by molar-refractivity contribution is 0.432. The molecule has 2 heterocycles. The van der Waals surface area contributed by atoms with Gasteiger partial charge in [-0.05, 0) is 30.3 Å². The van der Waals surface area contributed by atoms with Gasteiger partial charge in [0.2, 0.25) is 5.82 Å². The van der Waals surface area contributed by atoms with Crippen LogP contribution in [0.1, 0.15) is 0 Å². The van der Waals surface area contributed by atoms with Crippen molar-refractivity contribution in [3.8, 4) is 23.0 Å². The number of rotatable bonds is 2. The molecule has 3 rings (SSSR count). The molecule has 1 aromatic carbocycles. The van der Waals surface area contributed by atoms with Crippen molar-refractivity contribution in [3.05, 3.63) is 46.0 Å². The number of benzene rings is 1. The lowest BCUT2D eigenvalue weighted by Gasteiger charge is -2.00. The molecular formula is C13H8BrClN4O. The highest BCUT2D eigenvalue weighted by atomic mass is 79.9. The average molecular weight is 352 g/mol. The van der Waals surface area contributed by atoms with E-state index in [1.165, 1.54) is 6.20 Å². The first-order valence-electron chi connectivity index (χ1n) is 5.64. The van der Waals surface area contributed by atoms with E-state index < -0.39 is 0 Å². The van der Waals surface area contributed by atoms with Crippen molar-refractivity contribution < 1.29 is 4.52 Å². The fourth-order valence-electron chi connectivity index (χ4n) is 1.67. The predicted octanol–water partition coefficient (Wildman–Crippen LogP) is 3.80. The molecular weight excluding hydrogens is 344 g/mol. The first-order valence-corrected chi connectivity index (χ1v) is 6.81. The van der Waals surface area contributed by atoms with Crippen molar-refractivity contribution in [2.45, 2.75) is 0 Å². The molecule has 0 aliphatic rings. The third kappa shape index (κ3) is 2.52. The summed E-state index contributed by atoms with van der Waals surface area (Å²) in [5, 5.41) is 4.45. The van der Waals surface area contributed by atoms with Crippen LogP contribution in [0.4, 0.5) is 5.69 Å². The third-order valence-corrected chi connectivity index (χ3v) is 3.34. The van der Waals surface area contributed by atoms with Gasteiger partial charge in [0.05, 0.1) is 10.6 Å². The topological polar surface area (TPSA) is 77.8 Å². The highest BCUT2D eigenvalue weighted by Crippen LogP contribution is 2.28. The van der Waals surface area contributed by atoms with E-state index >= 15 is 0 Å². The van der Waals surface area contributed by atoms with Crippen LogP contribution in [-0.2, 0) is 0 Å². The molecule has 2 N–H and O–H groups in total. The second-order valence-electron chi connectivity index (χ2n) is 4.02. The van der Waals surface area contributed by atoms with Crippen molar-refractivity contribution in [3.63, 3.8) is 0 Å². The molecule has 0 spiro atoms. The van der Waals surface area contributed by atoms with Crippen molar-refractivity contribution in [2.24, 2.45) is 0 Å². The van der Waals surface area contributed by atoms with E-state index in [0.29, 0.717) is 33.7 Å². The molecule has 0 saturated heterocycles. The zero-order chi connectivity index (χ0) is 14.1. The fourth-order valence-corrected chi connectivity index (χ4v) is 2.16. The van der Waals surface area contributed by atoms with Crippen LogP contribution in [0, 0.1) is 0 Å². The molecule has 0 unspecified atom stereocenters. The Kier molecular flexibility index (Phi) is 3.42. The Balaban J connectivity index is 1.99. The van der Waals surface area contributed by atoms with Gasteiger partial charge in [-0.1, -0.05) is 32.7 Å². The van der Waals surface area contributed by atoms with Gasteiger partial charge in [0.1, 0.15) is 5.69 Å². The maximum absolute atomic E-state index is 5.93. The number of hydrogen-bond acceptors (Lipinski definition) is 5. The number of nitrogen functional groups attached to an aromatic ring is 1. The summed E-state index contributed by atoms with van der Waals surface area (Å²) in [5.41, 5.74) is 7.75. The van der Waals surface area contributed by atoms with Gasteiger partial charge in [0.25, 0.3) is 5.89 Å². The van der Waals surface area contributed by atoms with Crippen LogP contribution in [-0.4, -0.2) is 15.1 Å². The van der Waals surface area contributed by atoms with E-state index in [2.05, 4.69) is 31.1 Å². The van der Waals surface area contributed by atoms with Gasteiger partial charge >= 0.3 is 0 Å². The zero-order valence-corrected chi connectivity index (χ0v) is 12.4. The van der Waals surface area contributed by atoms with E-state index in [-0.39, 0.29) is 0 Å². The highest BCUT2D eigenvalue weighted by molar-refractivity contribution is 9.10. The van der Waals surface area contributed by atoms with Crippen LogP contribution in [0.2, 0.25) is 5.02 Å². The number of nitrogens with two attached hydrogens (primary N) is 1. The monoisotopic (exact) mass is 350 g/mol. The van der Waals surface area contributed by atoms with E-state index in [1.54, 1.807) is 18.2 Å². The number of nitrogens with zero attached hydrogens (tertiary/aromatic N) is 3. The summed E-state index contributed by atoms with van der Waals surface area (Å²) < 4.78 is 6.11. The minimum Gasteiger partial charge on any atom is -0.398 e. The molecule has 0 bridgehead atoms. The molecule has 20 heavy (non-hydrogen) atoms. The average Bonchev–Trinajstić information content (AvgIpc) is 2.89. The number of hydrogen-bond donors (Lipinski definition) is 1. The van der Waals surface area contributed by atoms with Crippen molar-refractivity contribution >= 4 is 33.2 Å². The van der Waals surface area contributed by atoms with Crippen molar-refractivity contribution in [1.82, 2.24) is 15.1 Å². The quantitative estimate of drug-likeness (QED) is 0.711. The minimum absolute atomic E-state index is 0.349. The van der Waals surface area contributed by atoms with Gasteiger partial charge in [-0.2, -0.15) is 4.98 Å². The molecule has 3 aromatic rings. The van der Waals surface area contributed by atoms with Gasteiger partial charge in [0, 0.05) is 16.4 Å². The Morgan fingerprint density at radius 1 is 1.20 bits per heavy atom. The molecule has 0 amide bonds. The number of anilines is 1. The Morgan fingerprint density at radius 2 is 2.05 bits per heavy atom. The molecule has 0 atom stereocenters. The summed E-state index contributed by atoms with van der Waals surface area (Å²) in [6.07, 6.45) is 1.53. The largest absolute Gasteiger partial charge is 0.398 e. The van der Waals surface area contributed by atoms with Crippen LogP contribution in [0.3, 0.4) is 0 Å². The summed E-state index contributed by atoms with van der Waals surface area (Å²) in [6, 6.07) is 8.89. The van der Waals surface area contributed by atoms with Gasteiger partial charge in [-0.3, -0.25) is 4.98 Å². The Hall–Kier alpha value is -1.92. The lowest BCUT2D eigenvalue weighted by atomic mass is 10.2. The summed E-state index contributed by atoms with van der Waals surface area (Å²) >= 11 is 9.14. The number of halogens is 2.